The number of aliphatic imine (C=N–C) groups is 2. The average molecular weight is 579 g/mol. The summed E-state index contributed by atoms with van der Waals surface area (Å²) >= 11 is 0. The van der Waals surface area contributed by atoms with Crippen LogP contribution in [0.15, 0.2) is 107 Å². The maximum Gasteiger partial charge on any atom is 0.138 e. The molecule has 222 valence electrons. The Labute approximate surface area is 262 Å². The number of aryl methyl sites for hydroxylation is 8. The first-order valence-electron chi connectivity index (χ1n) is 15.2. The summed E-state index contributed by atoms with van der Waals surface area (Å²) in [5.41, 5.74) is 15.4. The van der Waals surface area contributed by atoms with Crippen molar-refractivity contribution >= 4 is 34.4 Å². The fourth-order valence-electron chi connectivity index (χ4n) is 5.56. The van der Waals surface area contributed by atoms with Crippen LogP contribution in [0, 0.1) is 55.4 Å². The van der Waals surface area contributed by atoms with E-state index in [2.05, 4.69) is 163 Å². The number of hydrogen-bond donors (Lipinski definition) is 2. The van der Waals surface area contributed by atoms with Gasteiger partial charge in [-0.2, -0.15) is 0 Å². The van der Waals surface area contributed by atoms with E-state index >= 15 is 0 Å². The highest BCUT2D eigenvalue weighted by Gasteiger charge is 2.14. The predicted molar refractivity (Wildman–Crippen MR) is 190 cm³/mol. The van der Waals surface area contributed by atoms with Crippen LogP contribution in [0.1, 0.15) is 55.6 Å². The first-order chi connectivity index (χ1) is 21.1. The average Bonchev–Trinajstić information content (AvgIpc) is 2.99. The lowest BCUT2D eigenvalue weighted by molar-refractivity contribution is 1.31. The van der Waals surface area contributed by atoms with Crippen molar-refractivity contribution in [1.82, 2.24) is 0 Å². The molecule has 0 bridgehead atoms. The molecule has 4 heteroatoms. The first-order valence-corrected chi connectivity index (χ1v) is 15.2. The lowest BCUT2D eigenvalue weighted by Gasteiger charge is -2.18. The van der Waals surface area contributed by atoms with Gasteiger partial charge in [-0.1, -0.05) is 97.1 Å². The molecular weight excluding hydrogens is 536 g/mol. The maximum atomic E-state index is 5.22. The molecule has 0 aliphatic rings. The number of benzene rings is 5. The summed E-state index contributed by atoms with van der Waals surface area (Å²) in [5, 5.41) is 7.39. The zero-order chi connectivity index (χ0) is 31.4. The number of amidine groups is 2. The Bertz CT molecular complexity index is 1660. The fraction of sp³-hybridized carbons (Fsp3) is 0.200. The molecule has 0 aromatic heterocycles. The van der Waals surface area contributed by atoms with E-state index in [1.54, 1.807) is 0 Å². The summed E-state index contributed by atoms with van der Waals surface area (Å²) < 4.78 is 0. The van der Waals surface area contributed by atoms with Crippen molar-refractivity contribution in [1.29, 1.82) is 0 Å². The molecule has 0 unspecified atom stereocenters. The third kappa shape index (κ3) is 6.65. The predicted octanol–water partition coefficient (Wildman–Crippen LogP) is 10.5. The Morgan fingerprint density at radius 2 is 0.614 bits per heavy atom. The van der Waals surface area contributed by atoms with Gasteiger partial charge in [0.15, 0.2) is 0 Å². The lowest BCUT2D eigenvalue weighted by atomic mass is 10.0. The fourth-order valence-corrected chi connectivity index (χ4v) is 5.56. The number of para-hydroxylation sites is 4. The Morgan fingerprint density at radius 1 is 0.364 bits per heavy atom. The summed E-state index contributed by atoms with van der Waals surface area (Å²) in [5.74, 6) is 1.62. The van der Waals surface area contributed by atoms with Gasteiger partial charge in [-0.15, -0.1) is 0 Å². The molecule has 5 aromatic rings. The summed E-state index contributed by atoms with van der Waals surface area (Å²) in [7, 11) is 0. The molecular formula is C40H42N4. The number of rotatable bonds is 6. The molecule has 0 spiro atoms. The van der Waals surface area contributed by atoms with Crippen LogP contribution < -0.4 is 10.6 Å². The normalized spacial score (nSPS) is 11.9. The van der Waals surface area contributed by atoms with Crippen molar-refractivity contribution in [2.75, 3.05) is 10.6 Å². The van der Waals surface area contributed by atoms with Crippen molar-refractivity contribution in [2.24, 2.45) is 9.98 Å². The summed E-state index contributed by atoms with van der Waals surface area (Å²) in [6, 6.07) is 33.8. The topological polar surface area (TPSA) is 48.8 Å². The standard InChI is InChI=1S/C40H42N4/c1-25-13-9-14-26(2)35(25)41-39(42-36-27(3)15-10-16-28(36)4)33-21-23-34(24-22-33)40(43-37-29(5)17-11-18-30(37)6)44-38-31(7)19-12-20-32(38)8/h9-24H,1-8H3,(H,41,42)(H,43,44). The van der Waals surface area contributed by atoms with E-state index in [9.17, 15) is 0 Å². The van der Waals surface area contributed by atoms with E-state index < -0.39 is 0 Å². The molecule has 0 saturated heterocycles. The van der Waals surface area contributed by atoms with E-state index in [1.807, 2.05) is 0 Å². The van der Waals surface area contributed by atoms with Crippen molar-refractivity contribution < 1.29 is 0 Å². The molecule has 4 nitrogen and oxygen atoms in total. The molecule has 0 aliphatic carbocycles. The molecule has 0 heterocycles. The zero-order valence-electron chi connectivity index (χ0n) is 27.1. The number of hydrogen-bond acceptors (Lipinski definition) is 2. The van der Waals surface area contributed by atoms with E-state index in [4.69, 9.17) is 9.98 Å². The third-order valence-corrected chi connectivity index (χ3v) is 8.21. The molecule has 0 radical (unpaired) electrons. The smallest absolute Gasteiger partial charge is 0.138 e. The van der Waals surface area contributed by atoms with E-state index in [0.717, 1.165) is 67.8 Å². The SMILES string of the molecule is Cc1cccc(C)c1N=C(Nc1c(C)cccc1C)c1ccc(C(=Nc2c(C)cccc2C)Nc2c(C)cccc2C)cc1. The van der Waals surface area contributed by atoms with Crippen LogP contribution in [-0.2, 0) is 0 Å². The molecule has 0 amide bonds. The molecule has 5 rings (SSSR count). The third-order valence-electron chi connectivity index (χ3n) is 8.21. The molecule has 0 saturated carbocycles. The molecule has 0 fully saturated rings. The minimum atomic E-state index is 0.808. The van der Waals surface area contributed by atoms with E-state index in [0.29, 0.717) is 0 Å². The van der Waals surface area contributed by atoms with Crippen molar-refractivity contribution in [3.63, 3.8) is 0 Å². The Balaban J connectivity index is 1.62. The molecule has 0 aliphatic heterocycles. The number of anilines is 2. The van der Waals surface area contributed by atoms with Crippen LogP contribution >= 0.6 is 0 Å². The zero-order valence-corrected chi connectivity index (χ0v) is 27.1. The van der Waals surface area contributed by atoms with Crippen molar-refractivity contribution in [2.45, 2.75) is 55.4 Å². The molecule has 2 N–H and O–H groups in total. The van der Waals surface area contributed by atoms with Crippen molar-refractivity contribution in [3.8, 4) is 0 Å². The van der Waals surface area contributed by atoms with Gasteiger partial charge in [-0.3, -0.25) is 0 Å². The second-order valence-electron chi connectivity index (χ2n) is 11.8. The van der Waals surface area contributed by atoms with Gasteiger partial charge in [0, 0.05) is 22.5 Å². The second-order valence-corrected chi connectivity index (χ2v) is 11.8. The summed E-state index contributed by atoms with van der Waals surface area (Å²) in [4.78, 5) is 10.4. The number of nitrogens with one attached hydrogen (secondary N) is 2. The van der Waals surface area contributed by atoms with Crippen molar-refractivity contribution in [3.05, 3.63) is 153 Å². The lowest BCUT2D eigenvalue weighted by Crippen LogP contribution is -2.18. The highest BCUT2D eigenvalue weighted by atomic mass is 15.0. The highest BCUT2D eigenvalue weighted by molar-refractivity contribution is 6.13. The van der Waals surface area contributed by atoms with Gasteiger partial charge in [0.25, 0.3) is 0 Å². The quantitative estimate of drug-likeness (QED) is 0.156. The van der Waals surface area contributed by atoms with Gasteiger partial charge in [-0.25, -0.2) is 9.98 Å². The van der Waals surface area contributed by atoms with Crippen LogP contribution in [0.3, 0.4) is 0 Å². The van der Waals surface area contributed by atoms with Gasteiger partial charge in [-0.05, 0) is 99.9 Å². The van der Waals surface area contributed by atoms with Crippen LogP contribution in [-0.4, -0.2) is 11.7 Å². The molecule has 0 atom stereocenters. The van der Waals surface area contributed by atoms with Crippen LogP contribution in [0.4, 0.5) is 22.7 Å². The minimum Gasteiger partial charge on any atom is -0.339 e. The van der Waals surface area contributed by atoms with Crippen LogP contribution in [0.25, 0.3) is 0 Å². The van der Waals surface area contributed by atoms with Gasteiger partial charge in [0.05, 0.1) is 11.4 Å². The van der Waals surface area contributed by atoms with E-state index in [-0.39, 0.29) is 0 Å². The second kappa shape index (κ2) is 13.1. The minimum absolute atomic E-state index is 0.808. The Morgan fingerprint density at radius 3 is 0.886 bits per heavy atom. The van der Waals surface area contributed by atoms with Gasteiger partial charge >= 0.3 is 0 Å². The first kappa shape index (κ1) is 30.5. The Hall–Kier alpha value is -4.96. The van der Waals surface area contributed by atoms with Gasteiger partial charge in [0.2, 0.25) is 0 Å². The highest BCUT2D eigenvalue weighted by Crippen LogP contribution is 2.29. The summed E-state index contributed by atoms with van der Waals surface area (Å²) in [6.45, 7) is 17.0. The monoisotopic (exact) mass is 578 g/mol. The summed E-state index contributed by atoms with van der Waals surface area (Å²) in [6.07, 6.45) is 0. The largest absolute Gasteiger partial charge is 0.339 e. The van der Waals surface area contributed by atoms with Crippen LogP contribution in [0.2, 0.25) is 0 Å². The maximum absolute atomic E-state index is 5.22. The molecule has 44 heavy (non-hydrogen) atoms. The van der Waals surface area contributed by atoms with Gasteiger partial charge in [0.1, 0.15) is 11.7 Å². The Kier molecular flexibility index (Phi) is 9.10. The molecule has 5 aromatic carbocycles. The van der Waals surface area contributed by atoms with Gasteiger partial charge < -0.3 is 10.6 Å². The van der Waals surface area contributed by atoms with E-state index in [1.165, 1.54) is 22.3 Å². The van der Waals surface area contributed by atoms with Crippen LogP contribution in [0.5, 0.6) is 0 Å². The number of nitrogens with zero attached hydrogens (tertiary/aromatic N) is 2.